The van der Waals surface area contributed by atoms with Crippen LogP contribution in [0.3, 0.4) is 0 Å². The lowest BCUT2D eigenvalue weighted by Crippen LogP contribution is -2.47. The number of benzene rings is 2. The number of ether oxygens (including phenoxy) is 2. The van der Waals surface area contributed by atoms with Gasteiger partial charge in [-0.3, -0.25) is 14.5 Å². The molecule has 2 aromatic carbocycles. The number of amides is 2. The zero-order valence-corrected chi connectivity index (χ0v) is 18.6. The van der Waals surface area contributed by atoms with Crippen LogP contribution in [0.25, 0.3) is 5.57 Å². The number of nitrogens with zero attached hydrogens (tertiary/aromatic N) is 3. The van der Waals surface area contributed by atoms with E-state index in [4.69, 9.17) is 9.47 Å². The van der Waals surface area contributed by atoms with Crippen LogP contribution < -0.4 is 9.64 Å². The molecule has 0 radical (unpaired) electrons. The second kappa shape index (κ2) is 9.87. The fourth-order valence-electron chi connectivity index (χ4n) is 4.27. The van der Waals surface area contributed by atoms with E-state index in [1.807, 2.05) is 42.5 Å². The molecule has 0 saturated carbocycles. The molecule has 2 amide bonds. The highest BCUT2D eigenvalue weighted by molar-refractivity contribution is 6.35. The minimum Gasteiger partial charge on any atom is -0.497 e. The standard InChI is InChI=1S/C25H29N3O4/c1-31-18-6-13-28-24(29)22(19-9-11-21(32-2)12-10-19)23(25(28)30)27-16-14-26(15-17-27)20-7-4-3-5-8-20/h3-5,7-12H,6,13-18H2,1-2H3. The Morgan fingerprint density at radius 2 is 1.47 bits per heavy atom. The van der Waals surface area contributed by atoms with Crippen LogP contribution in [0.4, 0.5) is 5.69 Å². The van der Waals surface area contributed by atoms with Gasteiger partial charge in [-0.05, 0) is 36.2 Å². The molecule has 7 heteroatoms. The van der Waals surface area contributed by atoms with Crippen molar-refractivity contribution in [2.75, 3.05) is 58.5 Å². The number of rotatable bonds is 8. The molecule has 2 aromatic rings. The topological polar surface area (TPSA) is 62.3 Å². The maximum absolute atomic E-state index is 13.4. The van der Waals surface area contributed by atoms with Gasteiger partial charge in [0.1, 0.15) is 11.4 Å². The highest BCUT2D eigenvalue weighted by atomic mass is 16.5. The number of imide groups is 1. The summed E-state index contributed by atoms with van der Waals surface area (Å²) in [7, 11) is 3.22. The van der Waals surface area contributed by atoms with Crippen molar-refractivity contribution in [2.45, 2.75) is 6.42 Å². The number of para-hydroxylation sites is 1. The SMILES string of the molecule is COCCCN1C(=O)C(c2ccc(OC)cc2)=C(N2CCN(c3ccccc3)CC2)C1=O. The van der Waals surface area contributed by atoms with Crippen LogP contribution in [-0.2, 0) is 14.3 Å². The molecule has 1 saturated heterocycles. The molecule has 2 heterocycles. The first-order chi connectivity index (χ1) is 15.6. The lowest BCUT2D eigenvalue weighted by molar-refractivity contribution is -0.137. The van der Waals surface area contributed by atoms with Gasteiger partial charge in [0.05, 0.1) is 12.7 Å². The lowest BCUT2D eigenvalue weighted by atomic mass is 10.0. The highest BCUT2D eigenvalue weighted by Gasteiger charge is 2.41. The molecule has 168 valence electrons. The molecule has 1 fully saturated rings. The van der Waals surface area contributed by atoms with Crippen molar-refractivity contribution in [3.63, 3.8) is 0 Å². The molecule has 2 aliphatic heterocycles. The Labute approximate surface area is 188 Å². The van der Waals surface area contributed by atoms with Crippen LogP contribution in [-0.4, -0.2) is 75.2 Å². The average Bonchev–Trinajstić information content (AvgIpc) is 3.09. The largest absolute Gasteiger partial charge is 0.497 e. The summed E-state index contributed by atoms with van der Waals surface area (Å²) in [6.07, 6.45) is 0.610. The molecule has 32 heavy (non-hydrogen) atoms. The summed E-state index contributed by atoms with van der Waals surface area (Å²) >= 11 is 0. The van der Waals surface area contributed by atoms with E-state index in [-0.39, 0.29) is 11.8 Å². The second-order valence-electron chi connectivity index (χ2n) is 7.87. The van der Waals surface area contributed by atoms with Gasteiger partial charge >= 0.3 is 0 Å². The van der Waals surface area contributed by atoms with Gasteiger partial charge < -0.3 is 19.3 Å². The van der Waals surface area contributed by atoms with E-state index in [0.717, 1.165) is 18.7 Å². The summed E-state index contributed by atoms with van der Waals surface area (Å²) in [4.78, 5) is 32.5. The Morgan fingerprint density at radius 3 is 2.09 bits per heavy atom. The van der Waals surface area contributed by atoms with Gasteiger partial charge in [-0.2, -0.15) is 0 Å². The van der Waals surface area contributed by atoms with Gasteiger partial charge in [0, 0.05) is 52.1 Å². The predicted molar refractivity (Wildman–Crippen MR) is 123 cm³/mol. The predicted octanol–water partition coefficient (Wildman–Crippen LogP) is 2.63. The normalized spacial score (nSPS) is 16.9. The van der Waals surface area contributed by atoms with Crippen molar-refractivity contribution in [1.29, 1.82) is 0 Å². The fourth-order valence-corrected chi connectivity index (χ4v) is 4.27. The molecule has 0 N–H and O–H groups in total. The van der Waals surface area contributed by atoms with E-state index in [1.165, 1.54) is 10.6 Å². The average molecular weight is 436 g/mol. The number of hydrogen-bond donors (Lipinski definition) is 0. The number of carbonyl (C=O) groups is 2. The molecule has 0 spiro atoms. The third-order valence-electron chi connectivity index (χ3n) is 5.97. The van der Waals surface area contributed by atoms with Crippen LogP contribution in [0.1, 0.15) is 12.0 Å². The van der Waals surface area contributed by atoms with Crippen molar-refractivity contribution < 1.29 is 19.1 Å². The van der Waals surface area contributed by atoms with Crippen molar-refractivity contribution >= 4 is 23.1 Å². The Hall–Kier alpha value is -3.32. The monoisotopic (exact) mass is 435 g/mol. The summed E-state index contributed by atoms with van der Waals surface area (Å²) in [5.41, 5.74) is 2.89. The van der Waals surface area contributed by atoms with E-state index in [2.05, 4.69) is 21.9 Å². The maximum Gasteiger partial charge on any atom is 0.277 e. The number of hydrogen-bond acceptors (Lipinski definition) is 6. The van der Waals surface area contributed by atoms with E-state index in [1.54, 1.807) is 14.2 Å². The lowest BCUT2D eigenvalue weighted by Gasteiger charge is -2.37. The summed E-state index contributed by atoms with van der Waals surface area (Å²) in [5, 5.41) is 0. The Balaban J connectivity index is 1.61. The molecule has 4 rings (SSSR count). The van der Waals surface area contributed by atoms with Gasteiger partial charge in [0.25, 0.3) is 11.8 Å². The summed E-state index contributed by atoms with van der Waals surface area (Å²) in [6.45, 7) is 3.77. The van der Waals surface area contributed by atoms with Crippen LogP contribution in [0.5, 0.6) is 5.75 Å². The van der Waals surface area contributed by atoms with Crippen molar-refractivity contribution in [3.05, 3.63) is 65.9 Å². The molecule has 0 atom stereocenters. The Kier molecular flexibility index (Phi) is 6.75. The first-order valence-electron chi connectivity index (χ1n) is 10.9. The van der Waals surface area contributed by atoms with Crippen LogP contribution in [0.15, 0.2) is 60.3 Å². The van der Waals surface area contributed by atoms with E-state index in [9.17, 15) is 9.59 Å². The van der Waals surface area contributed by atoms with E-state index in [0.29, 0.717) is 49.7 Å². The minimum atomic E-state index is -0.239. The van der Waals surface area contributed by atoms with Crippen LogP contribution >= 0.6 is 0 Å². The van der Waals surface area contributed by atoms with Gasteiger partial charge in [-0.15, -0.1) is 0 Å². The molecule has 0 bridgehead atoms. The maximum atomic E-state index is 13.4. The first-order valence-corrected chi connectivity index (χ1v) is 10.9. The molecular formula is C25H29N3O4. The number of methoxy groups -OCH3 is 2. The third-order valence-corrected chi connectivity index (χ3v) is 5.97. The van der Waals surface area contributed by atoms with Crippen molar-refractivity contribution in [2.24, 2.45) is 0 Å². The van der Waals surface area contributed by atoms with Crippen molar-refractivity contribution in [1.82, 2.24) is 9.80 Å². The second-order valence-corrected chi connectivity index (χ2v) is 7.87. The molecule has 2 aliphatic rings. The molecular weight excluding hydrogens is 406 g/mol. The van der Waals surface area contributed by atoms with E-state index < -0.39 is 0 Å². The zero-order valence-electron chi connectivity index (χ0n) is 18.6. The number of piperazine rings is 1. The third kappa shape index (κ3) is 4.34. The van der Waals surface area contributed by atoms with Crippen molar-refractivity contribution in [3.8, 4) is 5.75 Å². The van der Waals surface area contributed by atoms with Gasteiger partial charge in [-0.1, -0.05) is 30.3 Å². The Morgan fingerprint density at radius 1 is 0.812 bits per heavy atom. The van der Waals surface area contributed by atoms with Crippen LogP contribution in [0, 0.1) is 0 Å². The summed E-state index contributed by atoms with van der Waals surface area (Å²) in [6, 6.07) is 17.6. The van der Waals surface area contributed by atoms with E-state index >= 15 is 0 Å². The smallest absolute Gasteiger partial charge is 0.277 e. The van der Waals surface area contributed by atoms with Gasteiger partial charge in [0.2, 0.25) is 0 Å². The zero-order chi connectivity index (χ0) is 22.5. The fraction of sp³-hybridized carbons (Fsp3) is 0.360. The molecule has 7 nitrogen and oxygen atoms in total. The minimum absolute atomic E-state index is 0.218. The summed E-state index contributed by atoms with van der Waals surface area (Å²) < 4.78 is 10.4. The number of carbonyl (C=O) groups excluding carboxylic acids is 2. The van der Waals surface area contributed by atoms with Gasteiger partial charge in [0.15, 0.2) is 0 Å². The molecule has 0 aromatic heterocycles. The molecule has 0 unspecified atom stereocenters. The highest BCUT2D eigenvalue weighted by Crippen LogP contribution is 2.33. The Bertz CT molecular complexity index is 980. The van der Waals surface area contributed by atoms with Crippen LogP contribution in [0.2, 0.25) is 0 Å². The quantitative estimate of drug-likeness (QED) is 0.469. The van der Waals surface area contributed by atoms with Gasteiger partial charge in [-0.25, -0.2) is 0 Å². The molecule has 0 aliphatic carbocycles. The summed E-state index contributed by atoms with van der Waals surface area (Å²) in [5.74, 6) is 0.253. The number of anilines is 1. The first kappa shape index (κ1) is 21.9.